The third kappa shape index (κ3) is 11.8. The van der Waals surface area contributed by atoms with Gasteiger partial charge in [0, 0.05) is 67.8 Å². The van der Waals surface area contributed by atoms with Gasteiger partial charge >= 0.3 is 19.9 Å². The van der Waals surface area contributed by atoms with Crippen LogP contribution in [0, 0.1) is 17.6 Å². The van der Waals surface area contributed by atoms with Gasteiger partial charge < -0.3 is 24.3 Å². The molecule has 6 aromatic rings. The van der Waals surface area contributed by atoms with Crippen LogP contribution >= 0.6 is 7.82 Å². The van der Waals surface area contributed by atoms with Gasteiger partial charge in [0.25, 0.3) is 5.56 Å². The van der Waals surface area contributed by atoms with Gasteiger partial charge in [0.15, 0.2) is 11.6 Å². The van der Waals surface area contributed by atoms with Crippen molar-refractivity contribution in [1.82, 2.24) is 19.3 Å². The fourth-order valence-electron chi connectivity index (χ4n) is 8.54. The lowest BCUT2D eigenvalue weighted by molar-refractivity contribution is -0.0275. The predicted octanol–water partition coefficient (Wildman–Crippen LogP) is 11.7. The fraction of sp³-hybridized carbons (Fsp3) is 0.451. The van der Waals surface area contributed by atoms with Crippen LogP contribution in [0.1, 0.15) is 99.0 Å². The highest BCUT2D eigenvalue weighted by Crippen LogP contribution is 2.55. The smallest absolute Gasteiger partial charge is 0.457 e. The molecule has 0 bridgehead atoms. The molecule has 2 aromatic carbocycles. The standard InChI is InChI=1S/C46H51F2N6O9P.2C2H6.CH4/c1-45(2,3)62-64(58,63-46(4,5)6)61-26-60-44(57)52(8)34-20-33(47)38(48)36-37-40(53-19-18-29-22-51(7)24-35(29)53)32(21-49-41(37)50-39(34)36)28-14-15-30-16-17-31(42(55)54(30)23-28)43(56)59-25-27-12-10-9-11-13-27;2*1-2;/h9-17,20-21,23,29,35H,18-19,22,24-26H2,1-8H3,(H,49,50);2*1-2H3;1H4/t29-,35?;;;/m0.../s1. The second kappa shape index (κ2) is 21.9. The van der Waals surface area contributed by atoms with Gasteiger partial charge in [0.2, 0.25) is 6.79 Å². The molecule has 0 radical (unpaired) electrons. The van der Waals surface area contributed by atoms with Crippen LogP contribution in [-0.4, -0.2) is 89.1 Å². The summed E-state index contributed by atoms with van der Waals surface area (Å²) in [6.07, 6.45) is 3.02. The van der Waals surface area contributed by atoms with Crippen molar-refractivity contribution in [3.8, 4) is 11.1 Å². The van der Waals surface area contributed by atoms with E-state index < -0.39 is 55.1 Å². The summed E-state index contributed by atoms with van der Waals surface area (Å²) in [4.78, 5) is 54.0. The maximum Gasteiger partial charge on any atom is 0.478 e. The Balaban J connectivity index is 0.00000173. The van der Waals surface area contributed by atoms with Crippen molar-refractivity contribution in [2.75, 3.05) is 50.3 Å². The Labute approximate surface area is 403 Å². The number of hydrogen-bond acceptors (Lipinski definition) is 12. The molecule has 15 nitrogen and oxygen atoms in total. The van der Waals surface area contributed by atoms with E-state index in [2.05, 4.69) is 14.8 Å². The lowest BCUT2D eigenvalue weighted by atomic mass is 10.00. The second-order valence-electron chi connectivity index (χ2n) is 18.2. The first-order valence-electron chi connectivity index (χ1n) is 22.9. The first kappa shape index (κ1) is 54.2. The highest BCUT2D eigenvalue weighted by atomic mass is 31.2. The third-order valence-electron chi connectivity index (χ3n) is 11.2. The molecule has 2 saturated heterocycles. The first-order valence-corrected chi connectivity index (χ1v) is 24.4. The SMILES string of the molecule is C.CC.CC.CN1CC2[C@@H](CCN2c2c(-c3ccc4ccc(C(=O)OCc5ccccc5)c(=O)n4c3)cnc3[nH]c4c(N(C)C(=O)OCOP(=O)(OC(C)(C)C)OC(C)(C)C)cc(F)c(F)c4c23)C1. The van der Waals surface area contributed by atoms with E-state index in [-0.39, 0.29) is 53.3 Å². The van der Waals surface area contributed by atoms with Crippen LogP contribution in [0.3, 0.4) is 0 Å². The Morgan fingerprint density at radius 3 is 2.22 bits per heavy atom. The van der Waals surface area contributed by atoms with Crippen LogP contribution in [0.4, 0.5) is 25.0 Å². The summed E-state index contributed by atoms with van der Waals surface area (Å²) in [7, 11) is -0.902. The number of carbonyl (C=O) groups is 2. The monoisotopic (exact) mass is 976 g/mol. The van der Waals surface area contributed by atoms with Crippen molar-refractivity contribution >= 4 is 58.7 Å². The van der Waals surface area contributed by atoms with E-state index in [0.29, 0.717) is 34.8 Å². The predicted molar refractivity (Wildman–Crippen MR) is 268 cm³/mol. The topological polar surface area (TPSA) is 157 Å². The molecule has 2 aliphatic rings. The van der Waals surface area contributed by atoms with E-state index in [1.54, 1.807) is 66.1 Å². The number of rotatable bonds is 11. The number of nitrogens with zero attached hydrogens (tertiary/aromatic N) is 5. The number of nitrogens with one attached hydrogen (secondary N) is 1. The van der Waals surface area contributed by atoms with Gasteiger partial charge in [-0.2, -0.15) is 0 Å². The van der Waals surface area contributed by atoms with Crippen molar-refractivity contribution in [3.05, 3.63) is 106 Å². The van der Waals surface area contributed by atoms with Crippen molar-refractivity contribution in [2.24, 2.45) is 5.92 Å². The van der Waals surface area contributed by atoms with Crippen LogP contribution in [0.2, 0.25) is 0 Å². The van der Waals surface area contributed by atoms with Gasteiger partial charge in [-0.25, -0.2) is 32.4 Å². The van der Waals surface area contributed by atoms with Gasteiger partial charge in [0.05, 0.1) is 38.9 Å². The van der Waals surface area contributed by atoms with Gasteiger partial charge in [-0.15, -0.1) is 0 Å². The molecule has 0 saturated carbocycles. The van der Waals surface area contributed by atoms with E-state index >= 15 is 8.78 Å². The number of carbonyl (C=O) groups excluding carboxylic acids is 2. The lowest BCUT2D eigenvalue weighted by Gasteiger charge is -2.30. The molecule has 2 fully saturated rings. The number of phosphoric acid groups is 1. The van der Waals surface area contributed by atoms with Crippen LogP contribution in [0.5, 0.6) is 0 Å². The minimum absolute atomic E-state index is 0. The number of benzene rings is 2. The molecule has 1 amide bonds. The average molecular weight is 977 g/mol. The normalized spacial score (nSPS) is 16.1. The van der Waals surface area contributed by atoms with Gasteiger partial charge in [-0.1, -0.05) is 71.5 Å². The number of ether oxygens (including phenoxy) is 2. The van der Waals surface area contributed by atoms with Crippen molar-refractivity contribution in [3.63, 3.8) is 0 Å². The molecule has 4 aromatic heterocycles. The number of aromatic amines is 1. The number of anilines is 2. The molecular formula is C51H67F2N6O9P. The van der Waals surface area contributed by atoms with Crippen LogP contribution in [0.25, 0.3) is 38.6 Å². The Hall–Kier alpha value is -5.71. The summed E-state index contributed by atoms with van der Waals surface area (Å²) in [5.74, 6) is -2.87. The molecule has 6 heterocycles. The summed E-state index contributed by atoms with van der Waals surface area (Å²) in [5, 5.41) is 0.124. The van der Waals surface area contributed by atoms with E-state index in [1.165, 1.54) is 17.5 Å². The molecule has 1 N–H and O–H groups in total. The van der Waals surface area contributed by atoms with Crippen LogP contribution < -0.4 is 15.4 Å². The maximum atomic E-state index is 16.5. The summed E-state index contributed by atoms with van der Waals surface area (Å²) in [6.45, 7) is 19.3. The maximum absolute atomic E-state index is 16.5. The number of likely N-dealkylation sites (N-methyl/N-ethyl adjacent to an activating group) is 1. The molecule has 2 aliphatic heterocycles. The van der Waals surface area contributed by atoms with Crippen LogP contribution in [0.15, 0.2) is 77.9 Å². The number of likely N-dealkylation sites (tertiary alicyclic amines) is 1. The number of amides is 1. The highest BCUT2D eigenvalue weighted by molar-refractivity contribution is 7.48. The molecule has 2 atom stereocenters. The van der Waals surface area contributed by atoms with Gasteiger partial charge in [-0.3, -0.25) is 23.1 Å². The minimum atomic E-state index is -4.26. The first-order chi connectivity index (χ1) is 32.2. The Morgan fingerprint density at radius 1 is 0.913 bits per heavy atom. The van der Waals surface area contributed by atoms with E-state index in [0.717, 1.165) is 36.0 Å². The van der Waals surface area contributed by atoms with Crippen LogP contribution in [-0.2, 0) is 34.2 Å². The number of esters is 1. The van der Waals surface area contributed by atoms with Crippen molar-refractivity contribution < 1.29 is 46.0 Å². The van der Waals surface area contributed by atoms with Crippen molar-refractivity contribution in [2.45, 2.75) is 107 Å². The van der Waals surface area contributed by atoms with E-state index in [1.807, 2.05) is 71.1 Å². The zero-order valence-electron chi connectivity index (χ0n) is 40.9. The number of fused-ring (bicyclic) bond motifs is 5. The summed E-state index contributed by atoms with van der Waals surface area (Å²) in [5.41, 5.74) is 0.471. The molecule has 0 spiro atoms. The molecule has 0 aliphatic carbocycles. The molecule has 69 heavy (non-hydrogen) atoms. The molecular weight excluding hydrogens is 910 g/mol. The van der Waals surface area contributed by atoms with E-state index in [4.69, 9.17) is 28.0 Å². The Bertz CT molecular complexity index is 2880. The molecule has 374 valence electrons. The second-order valence-corrected chi connectivity index (χ2v) is 19.8. The zero-order valence-corrected chi connectivity index (χ0v) is 41.8. The molecule has 8 rings (SSSR count). The Kier molecular flexibility index (Phi) is 17.2. The number of hydrogen-bond donors (Lipinski definition) is 1. The Morgan fingerprint density at radius 2 is 1.57 bits per heavy atom. The minimum Gasteiger partial charge on any atom is -0.457 e. The summed E-state index contributed by atoms with van der Waals surface area (Å²) < 4.78 is 74.8. The molecule has 1 unspecified atom stereocenters. The van der Waals surface area contributed by atoms with E-state index in [9.17, 15) is 18.9 Å². The largest absolute Gasteiger partial charge is 0.478 e. The van der Waals surface area contributed by atoms with Crippen molar-refractivity contribution in [1.29, 1.82) is 0 Å². The lowest BCUT2D eigenvalue weighted by Crippen LogP contribution is -2.35. The quantitative estimate of drug-likeness (QED) is 0.0745. The number of halogens is 2. The summed E-state index contributed by atoms with van der Waals surface area (Å²) >= 11 is 0. The molecule has 18 heteroatoms. The number of pyridine rings is 3. The fourth-order valence-corrected chi connectivity index (χ4v) is 10.2. The number of H-pyrrole nitrogens is 1. The zero-order chi connectivity index (χ0) is 49.9. The average Bonchev–Trinajstić information content (AvgIpc) is 3.99. The number of aromatic nitrogens is 3. The highest BCUT2D eigenvalue weighted by Gasteiger charge is 2.42. The number of phosphoric ester groups is 1. The van der Waals surface area contributed by atoms with Gasteiger partial charge in [-0.05, 0) is 84.7 Å². The van der Waals surface area contributed by atoms with Gasteiger partial charge in [0.1, 0.15) is 17.8 Å². The third-order valence-corrected chi connectivity index (χ3v) is 13.1. The summed E-state index contributed by atoms with van der Waals surface area (Å²) in [6, 6.07) is 16.7.